The highest BCUT2D eigenvalue weighted by molar-refractivity contribution is 7.99. The maximum Gasteiger partial charge on any atom is 0.234 e. The second-order valence-electron chi connectivity index (χ2n) is 9.02. The number of fused-ring (bicyclic) bond motifs is 5. The molecule has 2 atom stereocenters. The number of aryl methyl sites for hydroxylation is 1. The van der Waals surface area contributed by atoms with Crippen LogP contribution in [0.1, 0.15) is 63.4 Å². The highest BCUT2D eigenvalue weighted by Gasteiger charge is 2.61. The van der Waals surface area contributed by atoms with Crippen LogP contribution in [0.3, 0.4) is 0 Å². The van der Waals surface area contributed by atoms with Gasteiger partial charge in [-0.05, 0) is 42.9 Å². The van der Waals surface area contributed by atoms with Gasteiger partial charge < -0.3 is 10.6 Å². The number of benzene rings is 1. The minimum atomic E-state index is -0.154. The molecular weight excluding hydrogens is 398 g/mol. The molecular formula is C22H27N5O2S. The lowest BCUT2D eigenvalue weighted by Gasteiger charge is -2.33. The van der Waals surface area contributed by atoms with E-state index in [1.165, 1.54) is 18.7 Å². The van der Waals surface area contributed by atoms with Crippen LogP contribution in [-0.4, -0.2) is 32.7 Å². The molecule has 1 aromatic heterocycles. The molecule has 30 heavy (non-hydrogen) atoms. The van der Waals surface area contributed by atoms with Crippen molar-refractivity contribution in [1.29, 1.82) is 0 Å². The van der Waals surface area contributed by atoms with E-state index in [0.29, 0.717) is 22.4 Å². The Labute approximate surface area is 180 Å². The SMILES string of the molecule is CC(=O)Nc1ccc(C)c(NC(=O)CSc2nnc3c(n2)C2(C)CCC3C2(C)C)c1. The topological polar surface area (TPSA) is 96.9 Å². The number of aromatic nitrogens is 3. The van der Waals surface area contributed by atoms with Crippen molar-refractivity contribution in [2.45, 2.75) is 63.9 Å². The zero-order chi connectivity index (χ0) is 21.7. The summed E-state index contributed by atoms with van der Waals surface area (Å²) in [7, 11) is 0. The third kappa shape index (κ3) is 3.37. The zero-order valence-electron chi connectivity index (χ0n) is 18.0. The van der Waals surface area contributed by atoms with Crippen LogP contribution in [0, 0.1) is 12.3 Å². The van der Waals surface area contributed by atoms with Gasteiger partial charge in [0, 0.05) is 29.6 Å². The second kappa shape index (κ2) is 7.34. The molecule has 8 heteroatoms. The summed E-state index contributed by atoms with van der Waals surface area (Å²) in [6.07, 6.45) is 2.25. The van der Waals surface area contributed by atoms with E-state index < -0.39 is 0 Å². The van der Waals surface area contributed by atoms with Crippen molar-refractivity contribution in [3.05, 3.63) is 35.2 Å². The molecule has 4 rings (SSSR count). The third-order valence-electron chi connectivity index (χ3n) is 6.94. The van der Waals surface area contributed by atoms with Crippen LogP contribution in [0.15, 0.2) is 23.4 Å². The molecule has 2 aliphatic rings. The highest BCUT2D eigenvalue weighted by atomic mass is 32.2. The van der Waals surface area contributed by atoms with Crippen molar-refractivity contribution in [3.63, 3.8) is 0 Å². The Bertz CT molecular complexity index is 1040. The molecule has 2 N–H and O–H groups in total. The number of carbonyl (C=O) groups is 2. The Morgan fingerprint density at radius 1 is 1.20 bits per heavy atom. The summed E-state index contributed by atoms with van der Waals surface area (Å²) < 4.78 is 0. The average molecular weight is 426 g/mol. The zero-order valence-corrected chi connectivity index (χ0v) is 18.8. The van der Waals surface area contributed by atoms with Crippen LogP contribution >= 0.6 is 11.8 Å². The number of anilines is 2. The van der Waals surface area contributed by atoms with Crippen LogP contribution in [-0.2, 0) is 15.0 Å². The minimum absolute atomic E-state index is 0.0156. The average Bonchev–Trinajstić information content (AvgIpc) is 3.01. The van der Waals surface area contributed by atoms with Gasteiger partial charge in [0.15, 0.2) is 0 Å². The summed E-state index contributed by atoms with van der Waals surface area (Å²) in [5.41, 5.74) is 4.48. The van der Waals surface area contributed by atoms with E-state index >= 15 is 0 Å². The van der Waals surface area contributed by atoms with Crippen LogP contribution in [0.2, 0.25) is 0 Å². The first-order chi connectivity index (χ1) is 14.1. The van der Waals surface area contributed by atoms with Gasteiger partial charge in [-0.15, -0.1) is 5.10 Å². The molecule has 2 amide bonds. The summed E-state index contributed by atoms with van der Waals surface area (Å²) >= 11 is 1.29. The number of hydrogen-bond donors (Lipinski definition) is 2. The molecule has 2 unspecified atom stereocenters. The fraction of sp³-hybridized carbons (Fsp3) is 0.500. The first kappa shape index (κ1) is 20.8. The Morgan fingerprint density at radius 3 is 2.70 bits per heavy atom. The Balaban J connectivity index is 1.43. The molecule has 1 saturated carbocycles. The van der Waals surface area contributed by atoms with Crippen molar-refractivity contribution >= 4 is 35.0 Å². The van der Waals surface area contributed by atoms with E-state index in [0.717, 1.165) is 29.8 Å². The predicted octanol–water partition coefficient (Wildman–Crippen LogP) is 4.04. The van der Waals surface area contributed by atoms with Crippen LogP contribution in [0.4, 0.5) is 11.4 Å². The molecule has 0 radical (unpaired) electrons. The van der Waals surface area contributed by atoms with Crippen LogP contribution in [0.5, 0.6) is 0 Å². The van der Waals surface area contributed by atoms with Crippen LogP contribution < -0.4 is 10.6 Å². The second-order valence-corrected chi connectivity index (χ2v) is 9.96. The van der Waals surface area contributed by atoms with Gasteiger partial charge in [0.05, 0.1) is 17.1 Å². The Morgan fingerprint density at radius 2 is 1.97 bits per heavy atom. The summed E-state index contributed by atoms with van der Waals surface area (Å²) in [6.45, 7) is 10.2. The molecule has 1 fully saturated rings. The van der Waals surface area contributed by atoms with Crippen molar-refractivity contribution in [2.24, 2.45) is 5.41 Å². The number of carbonyl (C=O) groups excluding carboxylic acids is 2. The van der Waals surface area contributed by atoms with Gasteiger partial charge in [-0.1, -0.05) is 38.6 Å². The molecule has 0 saturated heterocycles. The number of nitrogens with zero attached hydrogens (tertiary/aromatic N) is 3. The Hall–Kier alpha value is -2.48. The first-order valence-electron chi connectivity index (χ1n) is 10.2. The van der Waals surface area contributed by atoms with Gasteiger partial charge in [-0.2, -0.15) is 5.10 Å². The molecule has 7 nitrogen and oxygen atoms in total. The summed E-state index contributed by atoms with van der Waals surface area (Å²) in [6, 6.07) is 5.42. The van der Waals surface area contributed by atoms with E-state index in [1.807, 2.05) is 13.0 Å². The summed E-state index contributed by atoms with van der Waals surface area (Å²) in [4.78, 5) is 28.6. The van der Waals surface area contributed by atoms with E-state index in [2.05, 4.69) is 41.6 Å². The molecule has 2 bridgehead atoms. The van der Waals surface area contributed by atoms with Gasteiger partial charge in [0.25, 0.3) is 0 Å². The number of amides is 2. The quantitative estimate of drug-likeness (QED) is 0.702. The molecule has 158 valence electrons. The monoisotopic (exact) mass is 425 g/mol. The van der Waals surface area contributed by atoms with Crippen molar-refractivity contribution in [1.82, 2.24) is 15.2 Å². The largest absolute Gasteiger partial charge is 0.326 e. The molecule has 2 aromatic rings. The molecule has 1 heterocycles. The van der Waals surface area contributed by atoms with Gasteiger partial charge in [-0.25, -0.2) is 4.98 Å². The van der Waals surface area contributed by atoms with E-state index in [1.54, 1.807) is 12.1 Å². The minimum Gasteiger partial charge on any atom is -0.326 e. The van der Waals surface area contributed by atoms with Gasteiger partial charge in [-0.3, -0.25) is 9.59 Å². The van der Waals surface area contributed by atoms with E-state index in [-0.39, 0.29) is 28.4 Å². The highest BCUT2D eigenvalue weighted by Crippen LogP contribution is 2.66. The Kier molecular flexibility index (Phi) is 5.08. The molecule has 0 spiro atoms. The molecule has 1 aromatic carbocycles. The molecule has 0 aliphatic heterocycles. The maximum absolute atomic E-state index is 12.5. The fourth-order valence-corrected chi connectivity index (χ4v) is 5.36. The number of nitrogens with one attached hydrogen (secondary N) is 2. The van der Waals surface area contributed by atoms with Gasteiger partial charge in [0.1, 0.15) is 0 Å². The van der Waals surface area contributed by atoms with Gasteiger partial charge >= 0.3 is 0 Å². The maximum atomic E-state index is 12.5. The third-order valence-corrected chi connectivity index (χ3v) is 7.77. The smallest absolute Gasteiger partial charge is 0.234 e. The first-order valence-corrected chi connectivity index (χ1v) is 11.2. The van der Waals surface area contributed by atoms with Crippen molar-refractivity contribution in [3.8, 4) is 0 Å². The van der Waals surface area contributed by atoms with E-state index in [4.69, 9.17) is 4.98 Å². The van der Waals surface area contributed by atoms with Crippen molar-refractivity contribution < 1.29 is 9.59 Å². The van der Waals surface area contributed by atoms with Gasteiger partial charge in [0.2, 0.25) is 17.0 Å². The lowest BCUT2D eigenvalue weighted by atomic mass is 9.70. The lowest BCUT2D eigenvalue weighted by molar-refractivity contribution is -0.114. The normalized spacial score (nSPS) is 23.2. The number of hydrogen-bond acceptors (Lipinski definition) is 6. The fourth-order valence-electron chi connectivity index (χ4n) is 4.78. The van der Waals surface area contributed by atoms with Crippen LogP contribution in [0.25, 0.3) is 0 Å². The molecule has 2 aliphatic carbocycles. The van der Waals surface area contributed by atoms with Crippen molar-refractivity contribution in [2.75, 3.05) is 16.4 Å². The standard InChI is InChI=1S/C22H27N5O2S/c1-12-6-7-14(23-13(2)28)10-16(12)24-17(29)11-30-20-25-19-18(26-27-20)15-8-9-22(19,5)21(15,3)4/h6-7,10,15H,8-9,11H2,1-5H3,(H,23,28)(H,24,29). The summed E-state index contributed by atoms with van der Waals surface area (Å²) in [5, 5.41) is 14.9. The van der Waals surface area contributed by atoms with E-state index in [9.17, 15) is 9.59 Å². The predicted molar refractivity (Wildman–Crippen MR) is 118 cm³/mol. The summed E-state index contributed by atoms with van der Waals surface area (Å²) in [5.74, 6) is 0.297. The number of thioether (sulfide) groups is 1. The number of rotatable bonds is 5. The lowest BCUT2D eigenvalue weighted by Crippen LogP contribution is -2.32.